The third-order valence-corrected chi connectivity index (χ3v) is 3.59. The molecule has 2 N–H and O–H groups in total. The van der Waals surface area contributed by atoms with E-state index in [4.69, 9.17) is 17.0 Å². The van der Waals surface area contributed by atoms with Crippen LogP contribution in [-0.4, -0.2) is 34.3 Å². The minimum atomic E-state index is -0.122. The maximum Gasteiger partial charge on any atom is 0.251 e. The first kappa shape index (κ1) is 16.2. The molecule has 2 aromatic rings. The fourth-order valence-electron chi connectivity index (χ4n) is 2.11. The van der Waals surface area contributed by atoms with E-state index in [9.17, 15) is 4.79 Å². The Kier molecular flexibility index (Phi) is 5.32. The van der Waals surface area contributed by atoms with Gasteiger partial charge in [-0.3, -0.25) is 9.89 Å². The van der Waals surface area contributed by atoms with Crippen LogP contribution in [0.3, 0.4) is 0 Å². The van der Waals surface area contributed by atoms with Gasteiger partial charge in [0.05, 0.1) is 7.11 Å². The Morgan fingerprint density at radius 3 is 2.68 bits per heavy atom. The lowest BCUT2D eigenvalue weighted by Gasteiger charge is -2.10. The summed E-state index contributed by atoms with van der Waals surface area (Å²) in [4.78, 5) is 12.1. The van der Waals surface area contributed by atoms with Gasteiger partial charge in [-0.25, -0.2) is 0 Å². The zero-order valence-electron chi connectivity index (χ0n) is 12.9. The number of benzene rings is 1. The molecule has 0 aliphatic carbocycles. The molecule has 0 saturated carbocycles. The number of hydrogen-bond acceptors (Lipinski definition) is 4. The molecule has 1 amide bonds. The molecule has 2 rings (SSSR count). The number of ether oxygens (including phenoxy) is 1. The Balaban J connectivity index is 1.94. The molecule has 0 radical (unpaired) electrons. The number of nitrogens with zero attached hydrogens (tertiary/aromatic N) is 2. The van der Waals surface area contributed by atoms with Crippen molar-refractivity contribution in [3.63, 3.8) is 0 Å². The van der Waals surface area contributed by atoms with Gasteiger partial charge in [0.15, 0.2) is 4.77 Å². The van der Waals surface area contributed by atoms with E-state index in [1.165, 1.54) is 0 Å². The Morgan fingerprint density at radius 2 is 2.09 bits per heavy atom. The molecule has 0 atom stereocenters. The highest BCUT2D eigenvalue weighted by Gasteiger charge is 2.10. The molecule has 0 saturated heterocycles. The second kappa shape index (κ2) is 7.22. The van der Waals surface area contributed by atoms with Gasteiger partial charge in [-0.2, -0.15) is 5.10 Å². The number of nitrogens with one attached hydrogen (secondary N) is 2. The third-order valence-electron chi connectivity index (χ3n) is 3.28. The van der Waals surface area contributed by atoms with Crippen molar-refractivity contribution < 1.29 is 9.53 Å². The van der Waals surface area contributed by atoms with E-state index in [1.807, 2.05) is 4.57 Å². The van der Waals surface area contributed by atoms with Gasteiger partial charge in [-0.1, -0.05) is 13.8 Å². The Bertz CT molecular complexity index is 688. The lowest BCUT2D eigenvalue weighted by Crippen LogP contribution is -2.27. The maximum atomic E-state index is 12.1. The van der Waals surface area contributed by atoms with Crippen LogP contribution in [0.4, 0.5) is 0 Å². The van der Waals surface area contributed by atoms with E-state index in [1.54, 1.807) is 31.4 Å². The number of carbonyl (C=O) groups excluding carboxylic acids is 1. The summed E-state index contributed by atoms with van der Waals surface area (Å²) in [6.45, 7) is 5.18. The molecular weight excluding hydrogens is 300 g/mol. The fraction of sp³-hybridized carbons (Fsp3) is 0.400. The Morgan fingerprint density at radius 1 is 1.41 bits per heavy atom. The predicted molar refractivity (Wildman–Crippen MR) is 86.8 cm³/mol. The van der Waals surface area contributed by atoms with Gasteiger partial charge in [-0.15, -0.1) is 0 Å². The predicted octanol–water partition coefficient (Wildman–Crippen LogP) is 2.50. The summed E-state index contributed by atoms with van der Waals surface area (Å²) in [5, 5.41) is 9.88. The monoisotopic (exact) mass is 320 g/mol. The van der Waals surface area contributed by atoms with Crippen LogP contribution >= 0.6 is 12.2 Å². The lowest BCUT2D eigenvalue weighted by atomic mass is 10.2. The number of H-pyrrole nitrogens is 1. The molecule has 7 heteroatoms. The van der Waals surface area contributed by atoms with Gasteiger partial charge in [0.25, 0.3) is 5.91 Å². The van der Waals surface area contributed by atoms with E-state index in [0.717, 1.165) is 11.6 Å². The van der Waals surface area contributed by atoms with Crippen LogP contribution in [0.5, 0.6) is 5.75 Å². The molecule has 0 aliphatic rings. The van der Waals surface area contributed by atoms with Crippen LogP contribution in [-0.2, 0) is 6.54 Å². The van der Waals surface area contributed by atoms with Crippen molar-refractivity contribution in [2.75, 3.05) is 13.7 Å². The quantitative estimate of drug-likeness (QED) is 0.802. The molecule has 0 fully saturated rings. The lowest BCUT2D eigenvalue weighted by molar-refractivity contribution is 0.0952. The Hall–Kier alpha value is -2.15. The minimum Gasteiger partial charge on any atom is -0.497 e. The SMILES string of the molecule is COc1ccc(C(=O)NCCn2c(C(C)C)n[nH]c2=S)cc1. The molecule has 118 valence electrons. The average Bonchev–Trinajstić information content (AvgIpc) is 2.88. The van der Waals surface area contributed by atoms with Gasteiger partial charge in [0.2, 0.25) is 0 Å². The number of rotatable bonds is 6. The van der Waals surface area contributed by atoms with Crippen molar-refractivity contribution in [3.05, 3.63) is 40.4 Å². The van der Waals surface area contributed by atoms with Gasteiger partial charge in [0, 0.05) is 24.6 Å². The minimum absolute atomic E-state index is 0.122. The zero-order chi connectivity index (χ0) is 16.1. The molecule has 22 heavy (non-hydrogen) atoms. The summed E-state index contributed by atoms with van der Waals surface area (Å²) in [6.07, 6.45) is 0. The van der Waals surface area contributed by atoms with Crippen LogP contribution in [0.25, 0.3) is 0 Å². The second-order valence-electron chi connectivity index (χ2n) is 5.18. The largest absolute Gasteiger partial charge is 0.497 e. The summed E-state index contributed by atoms with van der Waals surface area (Å²) in [6, 6.07) is 6.99. The third kappa shape index (κ3) is 3.73. The Labute approximate surface area is 134 Å². The molecular formula is C15H20N4O2S. The van der Waals surface area contributed by atoms with Crippen LogP contribution in [0.1, 0.15) is 35.9 Å². The number of methoxy groups -OCH3 is 1. The van der Waals surface area contributed by atoms with E-state index < -0.39 is 0 Å². The summed E-state index contributed by atoms with van der Waals surface area (Å²) in [5.41, 5.74) is 0.598. The van der Waals surface area contributed by atoms with Crippen molar-refractivity contribution in [1.29, 1.82) is 0 Å². The average molecular weight is 320 g/mol. The van der Waals surface area contributed by atoms with Crippen LogP contribution < -0.4 is 10.1 Å². The molecule has 0 unspecified atom stereocenters. The molecule has 0 spiro atoms. The number of aromatic amines is 1. The zero-order valence-corrected chi connectivity index (χ0v) is 13.7. The number of amides is 1. The van der Waals surface area contributed by atoms with Crippen molar-refractivity contribution >= 4 is 18.1 Å². The number of carbonyl (C=O) groups is 1. The summed E-state index contributed by atoms with van der Waals surface area (Å²) in [5.74, 6) is 1.76. The standard InChI is InChI=1S/C15H20N4O2S/c1-10(2)13-17-18-15(22)19(13)9-8-16-14(20)11-4-6-12(21-3)7-5-11/h4-7,10H,8-9H2,1-3H3,(H,16,20)(H,18,22). The highest BCUT2D eigenvalue weighted by atomic mass is 32.1. The van der Waals surface area contributed by atoms with Crippen molar-refractivity contribution in [2.45, 2.75) is 26.3 Å². The summed E-state index contributed by atoms with van der Waals surface area (Å²) in [7, 11) is 1.59. The topological polar surface area (TPSA) is 71.9 Å². The molecule has 1 aromatic carbocycles. The van der Waals surface area contributed by atoms with E-state index >= 15 is 0 Å². The molecule has 0 bridgehead atoms. The summed E-state index contributed by atoms with van der Waals surface area (Å²) >= 11 is 5.21. The van der Waals surface area contributed by atoms with Crippen LogP contribution in [0, 0.1) is 4.77 Å². The van der Waals surface area contributed by atoms with E-state index in [2.05, 4.69) is 29.4 Å². The van der Waals surface area contributed by atoms with Crippen LogP contribution in [0.15, 0.2) is 24.3 Å². The van der Waals surface area contributed by atoms with E-state index in [-0.39, 0.29) is 11.8 Å². The van der Waals surface area contributed by atoms with Crippen LogP contribution in [0.2, 0.25) is 0 Å². The maximum absolute atomic E-state index is 12.1. The molecule has 1 heterocycles. The van der Waals surface area contributed by atoms with Gasteiger partial charge >= 0.3 is 0 Å². The second-order valence-corrected chi connectivity index (χ2v) is 5.56. The van der Waals surface area contributed by atoms with Crippen molar-refractivity contribution in [1.82, 2.24) is 20.1 Å². The summed E-state index contributed by atoms with van der Waals surface area (Å²) < 4.78 is 7.55. The van der Waals surface area contributed by atoms with Gasteiger partial charge in [-0.05, 0) is 36.5 Å². The van der Waals surface area contributed by atoms with E-state index in [0.29, 0.717) is 23.4 Å². The van der Waals surface area contributed by atoms with Gasteiger partial charge < -0.3 is 14.6 Å². The van der Waals surface area contributed by atoms with Crippen molar-refractivity contribution in [2.24, 2.45) is 0 Å². The first-order chi connectivity index (χ1) is 10.5. The fourth-order valence-corrected chi connectivity index (χ4v) is 2.34. The number of hydrogen-bond donors (Lipinski definition) is 2. The first-order valence-corrected chi connectivity index (χ1v) is 7.51. The number of aromatic nitrogens is 3. The smallest absolute Gasteiger partial charge is 0.251 e. The van der Waals surface area contributed by atoms with Gasteiger partial charge in [0.1, 0.15) is 11.6 Å². The highest BCUT2D eigenvalue weighted by Crippen LogP contribution is 2.12. The molecule has 6 nitrogen and oxygen atoms in total. The molecule has 1 aromatic heterocycles. The normalized spacial score (nSPS) is 10.7. The van der Waals surface area contributed by atoms with Crippen molar-refractivity contribution in [3.8, 4) is 5.75 Å². The highest BCUT2D eigenvalue weighted by molar-refractivity contribution is 7.71. The first-order valence-electron chi connectivity index (χ1n) is 7.10. The molecule has 0 aliphatic heterocycles.